The summed E-state index contributed by atoms with van der Waals surface area (Å²) in [7, 11) is 4.04. The minimum absolute atomic E-state index is 0.270. The molecule has 3 heteroatoms. The Hall–Kier alpha value is -1.35. The molecule has 0 saturated heterocycles. The molecular weight excluding hydrogens is 222 g/mol. The van der Waals surface area contributed by atoms with Crippen LogP contribution in [0.25, 0.3) is 10.9 Å². The molecule has 0 radical (unpaired) electrons. The lowest BCUT2D eigenvalue weighted by Crippen LogP contribution is -2.31. The van der Waals surface area contributed by atoms with Gasteiger partial charge in [-0.2, -0.15) is 5.10 Å². The van der Waals surface area contributed by atoms with Crippen molar-refractivity contribution < 1.29 is 0 Å². The average molecular weight is 245 g/mol. The van der Waals surface area contributed by atoms with E-state index in [2.05, 4.69) is 43.4 Å². The monoisotopic (exact) mass is 245 g/mol. The van der Waals surface area contributed by atoms with E-state index in [-0.39, 0.29) is 5.41 Å². The maximum atomic E-state index is 4.69. The smallest absolute Gasteiger partial charge is 0.0709 e. The molecule has 18 heavy (non-hydrogen) atoms. The molecule has 1 aromatic heterocycles. The molecule has 0 saturated carbocycles. The summed E-state index contributed by atoms with van der Waals surface area (Å²) in [6, 6.07) is 8.47. The zero-order valence-corrected chi connectivity index (χ0v) is 11.8. The molecule has 0 fully saturated rings. The molecule has 0 bridgehead atoms. The van der Waals surface area contributed by atoms with E-state index < -0.39 is 0 Å². The summed E-state index contributed by atoms with van der Waals surface area (Å²) < 4.78 is 1.99. The second kappa shape index (κ2) is 5.11. The van der Waals surface area contributed by atoms with E-state index in [1.165, 1.54) is 16.6 Å². The summed E-state index contributed by atoms with van der Waals surface area (Å²) in [5.41, 5.74) is 2.70. The van der Waals surface area contributed by atoms with Gasteiger partial charge in [-0.25, -0.2) is 0 Å². The Balaban J connectivity index is 2.37. The SMILES string of the molecule is CCC(C)(CNC)Cc1nn(C)c2ccccc12. The number of nitrogens with zero attached hydrogens (tertiary/aromatic N) is 2. The Morgan fingerprint density at radius 1 is 1.33 bits per heavy atom. The fourth-order valence-corrected chi connectivity index (χ4v) is 2.56. The highest BCUT2D eigenvalue weighted by Gasteiger charge is 2.24. The van der Waals surface area contributed by atoms with E-state index in [0.717, 1.165) is 19.4 Å². The molecule has 1 N–H and O–H groups in total. The molecule has 0 aliphatic rings. The van der Waals surface area contributed by atoms with Crippen LogP contribution in [0.1, 0.15) is 26.0 Å². The molecule has 1 atom stereocenters. The molecule has 1 heterocycles. The van der Waals surface area contributed by atoms with Gasteiger partial charge in [0.2, 0.25) is 0 Å². The largest absolute Gasteiger partial charge is 0.319 e. The van der Waals surface area contributed by atoms with Crippen molar-refractivity contribution in [2.45, 2.75) is 26.7 Å². The summed E-state index contributed by atoms with van der Waals surface area (Å²) in [6.07, 6.45) is 2.17. The summed E-state index contributed by atoms with van der Waals surface area (Å²) in [5.74, 6) is 0. The molecule has 2 aromatic rings. The van der Waals surface area contributed by atoms with Crippen LogP contribution in [-0.4, -0.2) is 23.4 Å². The van der Waals surface area contributed by atoms with Crippen LogP contribution in [0.15, 0.2) is 24.3 Å². The Morgan fingerprint density at radius 2 is 2.06 bits per heavy atom. The number of aryl methyl sites for hydroxylation is 1. The van der Waals surface area contributed by atoms with Crippen molar-refractivity contribution in [3.8, 4) is 0 Å². The van der Waals surface area contributed by atoms with Crippen LogP contribution in [0.5, 0.6) is 0 Å². The molecular formula is C15H23N3. The first-order valence-electron chi connectivity index (χ1n) is 6.65. The zero-order chi connectivity index (χ0) is 13.2. The third-order valence-corrected chi connectivity index (χ3v) is 3.89. The molecule has 0 spiro atoms. The van der Waals surface area contributed by atoms with Gasteiger partial charge in [0.15, 0.2) is 0 Å². The number of fused-ring (bicyclic) bond motifs is 1. The van der Waals surface area contributed by atoms with Gasteiger partial charge in [-0.15, -0.1) is 0 Å². The van der Waals surface area contributed by atoms with Gasteiger partial charge in [0.1, 0.15) is 0 Å². The second-order valence-corrected chi connectivity index (χ2v) is 5.46. The molecule has 1 aromatic carbocycles. The molecule has 3 nitrogen and oxygen atoms in total. The third-order valence-electron chi connectivity index (χ3n) is 3.89. The van der Waals surface area contributed by atoms with Crippen LogP contribution < -0.4 is 5.32 Å². The molecule has 0 aliphatic heterocycles. The Bertz CT molecular complexity index is 530. The van der Waals surface area contributed by atoms with Crippen molar-refractivity contribution in [1.82, 2.24) is 15.1 Å². The fraction of sp³-hybridized carbons (Fsp3) is 0.533. The van der Waals surface area contributed by atoms with Gasteiger partial charge < -0.3 is 5.32 Å². The number of hydrogen-bond donors (Lipinski definition) is 1. The third kappa shape index (κ3) is 2.41. The van der Waals surface area contributed by atoms with Crippen LogP contribution >= 0.6 is 0 Å². The van der Waals surface area contributed by atoms with Crippen molar-refractivity contribution in [3.05, 3.63) is 30.0 Å². The van der Waals surface area contributed by atoms with E-state index in [4.69, 9.17) is 5.10 Å². The van der Waals surface area contributed by atoms with Crippen molar-refractivity contribution in [2.75, 3.05) is 13.6 Å². The van der Waals surface area contributed by atoms with Gasteiger partial charge in [-0.3, -0.25) is 4.68 Å². The Morgan fingerprint density at radius 3 is 2.72 bits per heavy atom. The lowest BCUT2D eigenvalue weighted by atomic mass is 9.82. The van der Waals surface area contributed by atoms with Crippen molar-refractivity contribution in [3.63, 3.8) is 0 Å². The first kappa shape index (κ1) is 13.1. The van der Waals surface area contributed by atoms with Gasteiger partial charge in [-0.1, -0.05) is 32.0 Å². The molecule has 2 rings (SSSR count). The van der Waals surface area contributed by atoms with Crippen LogP contribution in [0.3, 0.4) is 0 Å². The maximum Gasteiger partial charge on any atom is 0.0709 e. The highest BCUT2D eigenvalue weighted by molar-refractivity contribution is 5.81. The summed E-state index contributed by atoms with van der Waals surface area (Å²) in [5, 5.41) is 9.28. The van der Waals surface area contributed by atoms with E-state index in [0.29, 0.717) is 0 Å². The summed E-state index contributed by atoms with van der Waals surface area (Å²) in [4.78, 5) is 0. The van der Waals surface area contributed by atoms with Crippen LogP contribution in [0, 0.1) is 5.41 Å². The van der Waals surface area contributed by atoms with Gasteiger partial charge in [0.25, 0.3) is 0 Å². The van der Waals surface area contributed by atoms with Crippen molar-refractivity contribution in [1.29, 1.82) is 0 Å². The highest BCUT2D eigenvalue weighted by Crippen LogP contribution is 2.28. The van der Waals surface area contributed by atoms with Crippen molar-refractivity contribution in [2.24, 2.45) is 12.5 Å². The first-order valence-corrected chi connectivity index (χ1v) is 6.65. The lowest BCUT2D eigenvalue weighted by molar-refractivity contribution is 0.296. The Kier molecular flexibility index (Phi) is 3.71. The van der Waals surface area contributed by atoms with E-state index in [1.54, 1.807) is 0 Å². The van der Waals surface area contributed by atoms with Gasteiger partial charge in [0, 0.05) is 19.0 Å². The van der Waals surface area contributed by atoms with Crippen molar-refractivity contribution >= 4 is 10.9 Å². The number of nitrogens with one attached hydrogen (secondary N) is 1. The molecule has 98 valence electrons. The first-order chi connectivity index (χ1) is 8.59. The second-order valence-electron chi connectivity index (χ2n) is 5.46. The number of rotatable bonds is 5. The zero-order valence-electron chi connectivity index (χ0n) is 11.8. The normalized spacial score (nSPS) is 14.9. The van der Waals surface area contributed by atoms with E-state index in [1.807, 2.05) is 18.8 Å². The molecule has 1 unspecified atom stereocenters. The topological polar surface area (TPSA) is 29.9 Å². The Labute approximate surface area is 109 Å². The van der Waals surface area contributed by atoms with Crippen LogP contribution in [0.4, 0.5) is 0 Å². The number of para-hydroxylation sites is 1. The maximum absolute atomic E-state index is 4.69. The number of hydrogen-bond acceptors (Lipinski definition) is 2. The standard InChI is InChI=1S/C15H23N3/c1-5-15(2,11-16-3)10-13-12-8-6-7-9-14(12)18(4)17-13/h6-9,16H,5,10-11H2,1-4H3. The number of benzene rings is 1. The quantitative estimate of drug-likeness (QED) is 0.878. The van der Waals surface area contributed by atoms with Gasteiger partial charge in [-0.05, 0) is 31.4 Å². The number of aromatic nitrogens is 2. The summed E-state index contributed by atoms with van der Waals surface area (Å²) >= 11 is 0. The predicted octanol–water partition coefficient (Wildman–Crippen LogP) is 2.75. The van der Waals surface area contributed by atoms with Gasteiger partial charge >= 0.3 is 0 Å². The fourth-order valence-electron chi connectivity index (χ4n) is 2.56. The van der Waals surface area contributed by atoms with Crippen LogP contribution in [0.2, 0.25) is 0 Å². The lowest BCUT2D eigenvalue weighted by Gasteiger charge is -2.27. The highest BCUT2D eigenvalue weighted by atomic mass is 15.3. The molecule has 0 aliphatic carbocycles. The van der Waals surface area contributed by atoms with Crippen LogP contribution in [-0.2, 0) is 13.5 Å². The summed E-state index contributed by atoms with van der Waals surface area (Å²) in [6.45, 7) is 5.60. The minimum Gasteiger partial charge on any atom is -0.319 e. The predicted molar refractivity (Wildman–Crippen MR) is 76.7 cm³/mol. The van der Waals surface area contributed by atoms with Gasteiger partial charge in [0.05, 0.1) is 11.2 Å². The average Bonchev–Trinajstić information content (AvgIpc) is 2.67. The van der Waals surface area contributed by atoms with E-state index in [9.17, 15) is 0 Å². The van der Waals surface area contributed by atoms with E-state index >= 15 is 0 Å². The molecule has 0 amide bonds. The minimum atomic E-state index is 0.270.